The van der Waals surface area contributed by atoms with Crippen molar-refractivity contribution in [3.8, 4) is 11.1 Å². The average Bonchev–Trinajstić information content (AvgIpc) is 3.26. The van der Waals surface area contributed by atoms with Gasteiger partial charge in [0.15, 0.2) is 56.8 Å². The van der Waals surface area contributed by atoms with Crippen LogP contribution in [-0.2, 0) is 19.6 Å². The van der Waals surface area contributed by atoms with Crippen LogP contribution in [-0.4, -0.2) is 6.21 Å². The van der Waals surface area contributed by atoms with E-state index in [4.69, 9.17) is 4.99 Å². The van der Waals surface area contributed by atoms with Gasteiger partial charge in [-0.2, -0.15) is 0 Å². The van der Waals surface area contributed by atoms with Gasteiger partial charge in [-0.3, -0.25) is 4.99 Å². The van der Waals surface area contributed by atoms with E-state index in [1.165, 1.54) is 44.5 Å². The van der Waals surface area contributed by atoms with Gasteiger partial charge in [-0.15, -0.1) is 0 Å². The highest BCUT2D eigenvalue weighted by Gasteiger charge is 2.12. The zero-order valence-electron chi connectivity index (χ0n) is 22.3. The van der Waals surface area contributed by atoms with E-state index in [9.17, 15) is 0 Å². The quantitative estimate of drug-likeness (QED) is 0.244. The molecule has 1 unspecified atom stereocenters. The molecule has 9 aliphatic rings. The van der Waals surface area contributed by atoms with Crippen LogP contribution in [0.5, 0.6) is 0 Å². The molecule has 3 aromatic heterocycles. The highest BCUT2D eigenvalue weighted by molar-refractivity contribution is 5.89. The summed E-state index contributed by atoms with van der Waals surface area (Å²) in [5, 5.41) is 0. The van der Waals surface area contributed by atoms with E-state index in [0.29, 0.717) is 0 Å². The second kappa shape index (κ2) is 10.7. The van der Waals surface area contributed by atoms with Crippen molar-refractivity contribution < 1.29 is 13.7 Å². The number of hydrogen-bond acceptors (Lipinski definition) is 1. The maximum absolute atomic E-state index is 4.81. The van der Waals surface area contributed by atoms with Crippen LogP contribution in [0.15, 0.2) is 145 Å². The van der Waals surface area contributed by atoms with Crippen molar-refractivity contribution in [3.05, 3.63) is 168 Å². The summed E-state index contributed by atoms with van der Waals surface area (Å²) in [4.78, 5) is 4.81. The Morgan fingerprint density at radius 2 is 0.925 bits per heavy atom. The largest absolute Gasteiger partial charge is 0.281 e. The number of hydrogen-bond donors (Lipinski definition) is 0. The monoisotopic (exact) mass is 519 g/mol. The lowest BCUT2D eigenvalue weighted by Crippen LogP contribution is -2.34. The topological polar surface area (TPSA) is 24.0 Å². The highest BCUT2D eigenvalue weighted by atomic mass is 14.9. The summed E-state index contributed by atoms with van der Waals surface area (Å²) in [5.74, 6) is 0. The van der Waals surface area contributed by atoms with Crippen LogP contribution in [0.25, 0.3) is 16.7 Å². The van der Waals surface area contributed by atoms with Crippen molar-refractivity contribution in [2.75, 3.05) is 0 Å². The molecular formula is C36H31N4+3. The molecule has 0 amide bonds. The minimum Gasteiger partial charge on any atom is -0.281 e. The van der Waals surface area contributed by atoms with Gasteiger partial charge in [-0.25, -0.2) is 13.7 Å². The first kappa shape index (κ1) is 24.1. The van der Waals surface area contributed by atoms with Gasteiger partial charge in [0.1, 0.15) is 0 Å². The van der Waals surface area contributed by atoms with Crippen LogP contribution in [0.3, 0.4) is 0 Å². The maximum atomic E-state index is 4.81. The molecule has 40 heavy (non-hydrogen) atoms. The Kier molecular flexibility index (Phi) is 6.42. The van der Waals surface area contributed by atoms with Crippen LogP contribution < -0.4 is 13.7 Å². The van der Waals surface area contributed by atoms with Crippen LogP contribution in [0.4, 0.5) is 0 Å². The minimum atomic E-state index is 0.0125. The van der Waals surface area contributed by atoms with Gasteiger partial charge in [-0.05, 0) is 33.9 Å². The fourth-order valence-corrected chi connectivity index (χ4v) is 5.37. The van der Waals surface area contributed by atoms with Crippen LogP contribution in [0, 0.1) is 0 Å². The average molecular weight is 520 g/mol. The molecule has 0 fully saturated rings. The SMILES string of the molecule is C1=CC2N=CC=C1c1cc[n+](cc1)Cc1ccc(cc1)C[n+]1ccc(cc1)-c1cc[n+](cc1)Cc1ccc2cc1. The van der Waals surface area contributed by atoms with Gasteiger partial charge >= 0.3 is 0 Å². The Labute approximate surface area is 235 Å². The maximum Gasteiger partial charge on any atom is 0.173 e. The first-order valence-electron chi connectivity index (χ1n) is 13.8. The van der Waals surface area contributed by atoms with E-state index in [1.807, 2.05) is 6.21 Å². The Hall–Kier alpha value is -4.96. The number of fused-ring (bicyclic) bond motifs is 1. The second-order valence-corrected chi connectivity index (χ2v) is 10.6. The molecule has 192 valence electrons. The van der Waals surface area contributed by atoms with Gasteiger partial charge in [0.25, 0.3) is 0 Å². The Morgan fingerprint density at radius 3 is 1.40 bits per heavy atom. The molecule has 0 spiro atoms. The van der Waals surface area contributed by atoms with E-state index in [0.717, 1.165) is 19.6 Å². The predicted octanol–water partition coefficient (Wildman–Crippen LogP) is 5.44. The zero-order valence-corrected chi connectivity index (χ0v) is 22.3. The normalized spacial score (nSPS) is 15.9. The summed E-state index contributed by atoms with van der Waals surface area (Å²) in [6, 6.07) is 30.9. The molecule has 0 saturated carbocycles. The smallest absolute Gasteiger partial charge is 0.173 e. The van der Waals surface area contributed by atoms with Crippen molar-refractivity contribution in [1.82, 2.24) is 0 Å². The third kappa shape index (κ3) is 5.29. The molecule has 9 aliphatic heterocycles. The first-order chi connectivity index (χ1) is 19.7. The van der Waals surface area contributed by atoms with E-state index in [-0.39, 0.29) is 6.04 Å². The molecular weight excluding hydrogens is 488 g/mol. The van der Waals surface area contributed by atoms with Crippen LogP contribution in [0.2, 0.25) is 0 Å². The van der Waals surface area contributed by atoms with Gasteiger partial charge in [0.2, 0.25) is 0 Å². The number of pyridine rings is 3. The Balaban J connectivity index is 1.22. The lowest BCUT2D eigenvalue weighted by molar-refractivity contribution is -0.689. The standard InChI is InChI=1S/C36H31N4/c1-3-29-4-2-28(1)25-38-19-12-32(13-20-38)31-9-10-36(37-18-11-31)35-7-5-30(6-8-35)27-40-23-16-34(17-24-40)33-14-21-39(26-29)22-15-33/h1-24,36H,25-27H2/q+3. The van der Waals surface area contributed by atoms with E-state index in [1.54, 1.807) is 0 Å². The van der Waals surface area contributed by atoms with Crippen molar-refractivity contribution in [2.24, 2.45) is 4.99 Å². The summed E-state index contributed by atoms with van der Waals surface area (Å²) < 4.78 is 6.68. The Bertz CT molecular complexity index is 1710. The van der Waals surface area contributed by atoms with E-state index < -0.39 is 0 Å². The number of rotatable bonds is 0. The van der Waals surface area contributed by atoms with Gasteiger partial charge in [-0.1, -0.05) is 60.7 Å². The van der Waals surface area contributed by atoms with Gasteiger partial charge < -0.3 is 0 Å². The van der Waals surface area contributed by atoms with E-state index >= 15 is 0 Å². The third-order valence-electron chi connectivity index (χ3n) is 7.74. The van der Waals surface area contributed by atoms with Crippen molar-refractivity contribution >= 4 is 11.8 Å². The lowest BCUT2D eigenvalue weighted by atomic mass is 10.0. The molecule has 12 heterocycles. The number of benzene rings is 2. The fourth-order valence-electron chi connectivity index (χ4n) is 5.37. The number of aliphatic imine (C=N–C) groups is 1. The Morgan fingerprint density at radius 1 is 0.500 bits per heavy atom. The summed E-state index contributed by atoms with van der Waals surface area (Å²) in [7, 11) is 0. The molecule has 2 aromatic carbocycles. The number of nitrogens with zero attached hydrogens (tertiary/aromatic N) is 4. The van der Waals surface area contributed by atoms with Gasteiger partial charge in [0.05, 0.1) is 6.04 Å². The fraction of sp³-hybridized carbons (Fsp3) is 0.111. The second-order valence-electron chi connectivity index (χ2n) is 10.6. The molecule has 5 aromatic rings. The number of allylic oxidation sites excluding steroid dienone is 3. The minimum absolute atomic E-state index is 0.0125. The predicted molar refractivity (Wildman–Crippen MR) is 157 cm³/mol. The molecule has 4 nitrogen and oxygen atoms in total. The number of aromatic nitrogens is 3. The molecule has 12 bridgehead atoms. The summed E-state index contributed by atoms with van der Waals surface area (Å²) >= 11 is 0. The lowest BCUT2D eigenvalue weighted by Gasteiger charge is -2.08. The zero-order chi connectivity index (χ0) is 26.7. The first-order valence-corrected chi connectivity index (χ1v) is 13.8. The van der Waals surface area contributed by atoms with Gasteiger partial charge in [0, 0.05) is 59.3 Å². The third-order valence-corrected chi connectivity index (χ3v) is 7.74. The van der Waals surface area contributed by atoms with Crippen molar-refractivity contribution in [3.63, 3.8) is 0 Å². The van der Waals surface area contributed by atoms with Crippen LogP contribution in [0.1, 0.15) is 33.9 Å². The molecule has 0 radical (unpaired) electrons. The summed E-state index contributed by atoms with van der Waals surface area (Å²) in [6.07, 6.45) is 21.4. The summed E-state index contributed by atoms with van der Waals surface area (Å²) in [6.45, 7) is 2.52. The van der Waals surface area contributed by atoms with Crippen molar-refractivity contribution in [1.29, 1.82) is 0 Å². The summed E-state index contributed by atoms with van der Waals surface area (Å²) in [5.41, 5.74) is 9.84. The molecule has 0 saturated heterocycles. The highest BCUT2D eigenvalue weighted by Crippen LogP contribution is 2.25. The van der Waals surface area contributed by atoms with E-state index in [2.05, 4.69) is 154 Å². The molecule has 0 aliphatic carbocycles. The molecule has 1 atom stereocenters. The van der Waals surface area contributed by atoms with Crippen molar-refractivity contribution in [2.45, 2.75) is 25.7 Å². The molecule has 4 heteroatoms. The van der Waals surface area contributed by atoms with Crippen LogP contribution >= 0.6 is 0 Å². The molecule has 0 N–H and O–H groups in total. The molecule has 14 rings (SSSR count).